The van der Waals surface area contributed by atoms with Crippen molar-refractivity contribution in [2.75, 3.05) is 23.5 Å². The molecule has 3 aliphatic rings. The predicted octanol–water partition coefficient (Wildman–Crippen LogP) is 0.740. The van der Waals surface area contributed by atoms with Crippen LogP contribution in [-0.2, 0) is 14.3 Å². The van der Waals surface area contributed by atoms with E-state index in [2.05, 4.69) is 15.5 Å². The van der Waals surface area contributed by atoms with Gasteiger partial charge in [0.1, 0.15) is 30.3 Å². The van der Waals surface area contributed by atoms with E-state index in [-0.39, 0.29) is 23.9 Å². The molecule has 2 aromatic rings. The molecule has 5 N–H and O–H groups in total. The lowest BCUT2D eigenvalue weighted by atomic mass is 9.89. The summed E-state index contributed by atoms with van der Waals surface area (Å²) in [4.78, 5) is 40.1. The van der Waals surface area contributed by atoms with Crippen LogP contribution in [0.2, 0.25) is 0 Å². The fourth-order valence-electron chi connectivity index (χ4n) is 4.04. The summed E-state index contributed by atoms with van der Waals surface area (Å²) in [5.41, 5.74) is 6.36. The van der Waals surface area contributed by atoms with Gasteiger partial charge >= 0.3 is 12.0 Å². The molecule has 3 aliphatic heterocycles. The number of thioether (sulfide) groups is 1. The Kier molecular flexibility index (Phi) is 4.91. The number of nitrogens with zero attached hydrogens (tertiary/aromatic N) is 4. The first kappa shape index (κ1) is 20.5. The molecule has 0 saturated carbocycles. The minimum Gasteiger partial charge on any atom is -0.508 e. The van der Waals surface area contributed by atoms with Gasteiger partial charge in [-0.1, -0.05) is 23.1 Å². The third-order valence-electron chi connectivity index (χ3n) is 5.39. The summed E-state index contributed by atoms with van der Waals surface area (Å²) in [5, 5.41) is 29.7. The van der Waals surface area contributed by atoms with Crippen LogP contribution in [0.15, 0.2) is 39.9 Å². The lowest BCUT2D eigenvalue weighted by Crippen LogP contribution is -2.75. The molecule has 2 saturated heterocycles. The number of carbonyl (C=O) groups is 3. The number of benzene rings is 1. The average molecular weight is 476 g/mol. The Balaban J connectivity index is 1.35. The molecule has 3 amide bonds. The Labute approximate surface area is 188 Å². The molecule has 3 atom stereocenters. The van der Waals surface area contributed by atoms with Crippen molar-refractivity contribution < 1.29 is 29.3 Å². The molecule has 12 nitrogen and oxygen atoms in total. The third kappa shape index (κ3) is 3.23. The normalized spacial score (nSPS) is 23.8. The summed E-state index contributed by atoms with van der Waals surface area (Å²) in [6, 6.07) is 3.88. The molecule has 0 aliphatic carbocycles. The number of carbonyl (C=O) groups excluding carboxylic acids is 2. The number of anilines is 2. The van der Waals surface area contributed by atoms with E-state index in [9.17, 15) is 24.6 Å². The van der Waals surface area contributed by atoms with Crippen molar-refractivity contribution >= 4 is 51.8 Å². The molecular formula is C18H16N6O6S2. The lowest BCUT2D eigenvalue weighted by molar-refractivity contribution is -0.179. The second-order valence-electron chi connectivity index (χ2n) is 7.18. The number of nitrogens with one attached hydrogen (secondary N) is 1. The maximum Gasteiger partial charge on any atom is 0.352 e. The topological polar surface area (TPSA) is 171 Å². The van der Waals surface area contributed by atoms with Gasteiger partial charge in [0.05, 0.1) is 6.04 Å². The zero-order valence-corrected chi connectivity index (χ0v) is 17.8. The second kappa shape index (κ2) is 7.65. The fraction of sp³-hybridized carbons (Fsp3) is 0.278. The zero-order valence-electron chi connectivity index (χ0n) is 16.2. The Morgan fingerprint density at radius 2 is 2.06 bits per heavy atom. The summed E-state index contributed by atoms with van der Waals surface area (Å²) in [6.07, 6.45) is -0.640. The van der Waals surface area contributed by atoms with Crippen molar-refractivity contribution in [3.63, 3.8) is 0 Å². The minimum absolute atomic E-state index is 0.0526. The van der Waals surface area contributed by atoms with E-state index in [0.717, 1.165) is 0 Å². The molecule has 0 spiro atoms. The number of β-lactam (4-membered cyclic amide) rings is 1. The highest BCUT2D eigenvalue weighted by molar-refractivity contribution is 8.01. The monoisotopic (exact) mass is 476 g/mol. The molecule has 5 rings (SSSR count). The van der Waals surface area contributed by atoms with Crippen LogP contribution < -0.4 is 11.1 Å². The van der Waals surface area contributed by atoms with Gasteiger partial charge in [0, 0.05) is 17.0 Å². The number of amides is 3. The van der Waals surface area contributed by atoms with E-state index in [0.29, 0.717) is 20.7 Å². The van der Waals surface area contributed by atoms with E-state index < -0.39 is 36.1 Å². The summed E-state index contributed by atoms with van der Waals surface area (Å²) in [6.45, 7) is -0.178. The number of hydrogen-bond acceptors (Lipinski definition) is 10. The molecule has 1 unspecified atom stereocenters. The number of ether oxygens (including phenoxy) is 1. The number of carboxylic acids is 1. The number of aromatic hydroxyl groups is 1. The highest BCUT2D eigenvalue weighted by Crippen LogP contribution is 2.46. The Bertz CT molecular complexity index is 1150. The largest absolute Gasteiger partial charge is 0.508 e. The van der Waals surface area contributed by atoms with Crippen molar-refractivity contribution in [1.82, 2.24) is 20.0 Å². The van der Waals surface area contributed by atoms with Gasteiger partial charge in [-0.15, -0.1) is 10.2 Å². The molecular weight excluding hydrogens is 460 g/mol. The highest BCUT2D eigenvalue weighted by atomic mass is 32.2. The van der Waals surface area contributed by atoms with Crippen LogP contribution in [0, 0.1) is 0 Å². The van der Waals surface area contributed by atoms with Crippen molar-refractivity contribution in [3.8, 4) is 5.75 Å². The maximum absolute atomic E-state index is 12.9. The van der Waals surface area contributed by atoms with Gasteiger partial charge in [-0.2, -0.15) is 0 Å². The maximum atomic E-state index is 12.9. The van der Waals surface area contributed by atoms with Crippen molar-refractivity contribution in [2.45, 2.75) is 22.5 Å². The zero-order chi connectivity index (χ0) is 22.6. The number of nitrogen functional groups attached to an aromatic ring is 1. The first-order valence-corrected chi connectivity index (χ1v) is 11.1. The highest BCUT2D eigenvalue weighted by Gasteiger charge is 2.65. The molecule has 2 fully saturated rings. The number of phenolic OH excluding ortho intramolecular Hbond substituents is 1. The van der Waals surface area contributed by atoms with E-state index >= 15 is 0 Å². The lowest BCUT2D eigenvalue weighted by Gasteiger charge is -2.52. The van der Waals surface area contributed by atoms with Crippen LogP contribution in [0.3, 0.4) is 0 Å². The smallest absolute Gasteiger partial charge is 0.352 e. The first-order chi connectivity index (χ1) is 15.3. The quantitative estimate of drug-likeness (QED) is 0.274. The van der Waals surface area contributed by atoms with Crippen LogP contribution in [0.4, 0.5) is 15.6 Å². The molecule has 14 heteroatoms. The number of phenols is 1. The van der Waals surface area contributed by atoms with Crippen molar-refractivity contribution in [2.24, 2.45) is 0 Å². The second-order valence-corrected chi connectivity index (χ2v) is 9.41. The Morgan fingerprint density at radius 1 is 1.31 bits per heavy atom. The van der Waals surface area contributed by atoms with Crippen LogP contribution >= 0.6 is 23.1 Å². The number of carboxylic acid groups (broad SMARTS) is 1. The minimum atomic E-state index is -1.23. The van der Waals surface area contributed by atoms with Gasteiger partial charge in [0.2, 0.25) is 5.13 Å². The first-order valence-electron chi connectivity index (χ1n) is 9.34. The summed E-state index contributed by atoms with van der Waals surface area (Å²) < 4.78 is 6.44. The number of rotatable bonds is 5. The van der Waals surface area contributed by atoms with Crippen molar-refractivity contribution in [1.29, 1.82) is 0 Å². The molecule has 0 bridgehead atoms. The fourth-order valence-corrected chi connectivity index (χ4v) is 5.73. The van der Waals surface area contributed by atoms with Gasteiger partial charge in [0.15, 0.2) is 4.34 Å². The number of aliphatic carboxylic acids is 1. The number of urea groups is 1. The van der Waals surface area contributed by atoms with Gasteiger partial charge in [-0.05, 0) is 24.3 Å². The molecule has 32 heavy (non-hydrogen) atoms. The van der Waals surface area contributed by atoms with Crippen LogP contribution in [0.25, 0.3) is 0 Å². The Morgan fingerprint density at radius 3 is 2.72 bits per heavy atom. The van der Waals surface area contributed by atoms with Crippen molar-refractivity contribution in [3.05, 3.63) is 35.5 Å². The molecule has 0 radical (unpaired) electrons. The summed E-state index contributed by atoms with van der Waals surface area (Å²) >= 11 is 2.44. The van der Waals surface area contributed by atoms with Crippen LogP contribution in [0.5, 0.6) is 5.75 Å². The van der Waals surface area contributed by atoms with Gasteiger partial charge in [-0.3, -0.25) is 14.6 Å². The Hall–Kier alpha value is -3.36. The van der Waals surface area contributed by atoms with E-state index in [1.807, 2.05) is 0 Å². The predicted molar refractivity (Wildman–Crippen MR) is 113 cm³/mol. The molecule has 1 aromatic heterocycles. The SMILES string of the molecule is Nc1nnc(SCC2=C(C(=O)O)N3C(=O)[C@@H]4[C@H]3C2OCN4C(=O)Nc2ccc(O)cc2)s1. The van der Waals surface area contributed by atoms with E-state index in [1.54, 1.807) is 0 Å². The number of nitrogens with two attached hydrogens (primary N) is 1. The molecule has 166 valence electrons. The number of hydrogen-bond donors (Lipinski definition) is 4. The molecule has 4 heterocycles. The average Bonchev–Trinajstić information content (AvgIpc) is 3.32. The van der Waals surface area contributed by atoms with Gasteiger partial charge in [-0.25, -0.2) is 9.59 Å². The van der Waals surface area contributed by atoms with E-state index in [1.165, 1.54) is 57.2 Å². The van der Waals surface area contributed by atoms with Crippen LogP contribution in [-0.4, -0.2) is 78.8 Å². The van der Waals surface area contributed by atoms with Gasteiger partial charge in [0.25, 0.3) is 5.91 Å². The third-order valence-corrected chi connectivity index (χ3v) is 7.33. The molecule has 1 aromatic carbocycles. The van der Waals surface area contributed by atoms with Gasteiger partial charge < -0.3 is 26.0 Å². The standard InChI is InChI=1S/C18H16N6O6S2/c19-16-21-22-18(32-16)31-5-9-10(15(27)28)24-11-12(14(24)26)23(6-30-13(9)11)17(29)20-7-1-3-8(25)4-2-7/h1-4,11-13,25H,5-6H2,(H2,19,21)(H,20,29)(H,27,28)/t11-,12-,13?/m0/s1. The summed E-state index contributed by atoms with van der Waals surface area (Å²) in [5.74, 6) is -1.42. The summed E-state index contributed by atoms with van der Waals surface area (Å²) in [7, 11) is 0. The van der Waals surface area contributed by atoms with Crippen LogP contribution in [0.1, 0.15) is 0 Å². The number of aromatic nitrogens is 2. The van der Waals surface area contributed by atoms with E-state index in [4.69, 9.17) is 10.5 Å².